The standard InChI is InChI=1S/C11H17ClFN3O/c1-17-6-5-16-11(8(12)7-15-16)10(13)9-3-2-4-14-9/h7,9-10,14H,2-6H2,1H3. The molecule has 0 amide bonds. The normalized spacial score (nSPS) is 21.9. The van der Waals surface area contributed by atoms with Gasteiger partial charge in [-0.1, -0.05) is 11.6 Å². The maximum atomic E-state index is 14.4. The number of halogens is 2. The van der Waals surface area contributed by atoms with Crippen LogP contribution in [0.4, 0.5) is 4.39 Å². The van der Waals surface area contributed by atoms with E-state index in [1.54, 1.807) is 11.8 Å². The zero-order valence-corrected chi connectivity index (χ0v) is 10.6. The Morgan fingerprint density at radius 2 is 2.59 bits per heavy atom. The van der Waals surface area contributed by atoms with Gasteiger partial charge in [-0.05, 0) is 19.4 Å². The number of hydrogen-bond acceptors (Lipinski definition) is 3. The molecule has 0 aromatic carbocycles. The van der Waals surface area contributed by atoms with Crippen molar-refractivity contribution in [2.45, 2.75) is 31.6 Å². The van der Waals surface area contributed by atoms with E-state index in [0.717, 1.165) is 19.4 Å². The van der Waals surface area contributed by atoms with Gasteiger partial charge in [0.1, 0.15) is 0 Å². The van der Waals surface area contributed by atoms with E-state index in [9.17, 15) is 4.39 Å². The molecule has 0 aliphatic carbocycles. The van der Waals surface area contributed by atoms with E-state index in [0.29, 0.717) is 23.9 Å². The lowest BCUT2D eigenvalue weighted by molar-refractivity contribution is 0.177. The predicted octanol–water partition coefficient (Wildman–Crippen LogP) is 1.95. The third kappa shape index (κ3) is 2.78. The predicted molar refractivity (Wildman–Crippen MR) is 64.0 cm³/mol. The molecular formula is C11H17ClFN3O. The quantitative estimate of drug-likeness (QED) is 0.881. The van der Waals surface area contributed by atoms with Crippen LogP contribution < -0.4 is 5.32 Å². The first-order chi connectivity index (χ1) is 8.24. The fraction of sp³-hybridized carbons (Fsp3) is 0.727. The molecule has 1 aromatic rings. The summed E-state index contributed by atoms with van der Waals surface area (Å²) in [5.74, 6) is 0. The number of ether oxygens (including phenoxy) is 1. The number of nitrogens with one attached hydrogen (secondary N) is 1. The maximum absolute atomic E-state index is 14.4. The van der Waals surface area contributed by atoms with Gasteiger partial charge in [0.2, 0.25) is 0 Å². The second-order valence-corrected chi connectivity index (χ2v) is 4.61. The number of methoxy groups -OCH3 is 1. The molecule has 2 atom stereocenters. The van der Waals surface area contributed by atoms with Crippen LogP contribution in [-0.4, -0.2) is 36.1 Å². The Hall–Kier alpha value is -0.650. The molecule has 0 saturated carbocycles. The average molecular weight is 262 g/mol. The highest BCUT2D eigenvalue weighted by atomic mass is 35.5. The van der Waals surface area contributed by atoms with Crippen molar-refractivity contribution in [1.29, 1.82) is 0 Å². The Kier molecular flexibility index (Phi) is 4.36. The Bertz CT molecular complexity index is 366. The van der Waals surface area contributed by atoms with Crippen LogP contribution in [0, 0.1) is 0 Å². The van der Waals surface area contributed by atoms with Crippen molar-refractivity contribution in [3.8, 4) is 0 Å². The van der Waals surface area contributed by atoms with E-state index in [1.165, 1.54) is 6.20 Å². The molecule has 1 fully saturated rings. The molecule has 2 unspecified atom stereocenters. The van der Waals surface area contributed by atoms with Gasteiger partial charge in [-0.15, -0.1) is 0 Å². The van der Waals surface area contributed by atoms with Crippen molar-refractivity contribution >= 4 is 11.6 Å². The van der Waals surface area contributed by atoms with Gasteiger partial charge < -0.3 is 10.1 Å². The van der Waals surface area contributed by atoms with Gasteiger partial charge in [-0.3, -0.25) is 4.68 Å². The summed E-state index contributed by atoms with van der Waals surface area (Å²) in [4.78, 5) is 0. The highest BCUT2D eigenvalue weighted by Gasteiger charge is 2.30. The first-order valence-electron chi connectivity index (χ1n) is 5.81. The highest BCUT2D eigenvalue weighted by molar-refractivity contribution is 6.31. The molecule has 1 N–H and O–H groups in total. The summed E-state index contributed by atoms with van der Waals surface area (Å²) >= 11 is 6.01. The third-order valence-electron chi connectivity index (χ3n) is 3.05. The monoisotopic (exact) mass is 261 g/mol. The van der Waals surface area contributed by atoms with Crippen molar-refractivity contribution in [2.24, 2.45) is 0 Å². The molecule has 6 heteroatoms. The number of rotatable bonds is 5. The van der Waals surface area contributed by atoms with Gasteiger partial charge in [-0.25, -0.2) is 4.39 Å². The zero-order chi connectivity index (χ0) is 12.3. The minimum Gasteiger partial charge on any atom is -0.383 e. The van der Waals surface area contributed by atoms with Gasteiger partial charge in [0, 0.05) is 13.2 Å². The average Bonchev–Trinajstić information content (AvgIpc) is 2.95. The molecule has 2 rings (SSSR count). The van der Waals surface area contributed by atoms with Crippen molar-refractivity contribution in [3.63, 3.8) is 0 Å². The van der Waals surface area contributed by atoms with Crippen molar-refractivity contribution in [1.82, 2.24) is 15.1 Å². The first-order valence-corrected chi connectivity index (χ1v) is 6.19. The molecule has 17 heavy (non-hydrogen) atoms. The molecule has 0 spiro atoms. The summed E-state index contributed by atoms with van der Waals surface area (Å²) in [5.41, 5.74) is 0.461. The summed E-state index contributed by atoms with van der Waals surface area (Å²) in [6.45, 7) is 1.89. The van der Waals surface area contributed by atoms with E-state index < -0.39 is 6.17 Å². The second-order valence-electron chi connectivity index (χ2n) is 4.20. The SMILES string of the molecule is COCCn1ncc(Cl)c1C(F)C1CCCN1. The topological polar surface area (TPSA) is 39.1 Å². The number of nitrogens with zero attached hydrogens (tertiary/aromatic N) is 2. The smallest absolute Gasteiger partial charge is 0.158 e. The molecule has 96 valence electrons. The van der Waals surface area contributed by atoms with Gasteiger partial charge in [0.25, 0.3) is 0 Å². The van der Waals surface area contributed by atoms with Crippen molar-refractivity contribution in [3.05, 3.63) is 16.9 Å². The highest BCUT2D eigenvalue weighted by Crippen LogP contribution is 2.31. The van der Waals surface area contributed by atoms with Crippen LogP contribution in [-0.2, 0) is 11.3 Å². The largest absolute Gasteiger partial charge is 0.383 e. The third-order valence-corrected chi connectivity index (χ3v) is 3.34. The van der Waals surface area contributed by atoms with Crippen LogP contribution in [0.2, 0.25) is 5.02 Å². The van der Waals surface area contributed by atoms with Crippen LogP contribution >= 0.6 is 11.6 Å². The minimum absolute atomic E-state index is 0.148. The summed E-state index contributed by atoms with van der Waals surface area (Å²) in [6.07, 6.45) is 2.24. The summed E-state index contributed by atoms with van der Waals surface area (Å²) in [6, 6.07) is -0.148. The fourth-order valence-corrected chi connectivity index (χ4v) is 2.40. The zero-order valence-electron chi connectivity index (χ0n) is 9.83. The summed E-state index contributed by atoms with van der Waals surface area (Å²) in [5, 5.41) is 7.62. The van der Waals surface area contributed by atoms with Crippen LogP contribution in [0.25, 0.3) is 0 Å². The van der Waals surface area contributed by atoms with Gasteiger partial charge in [0.15, 0.2) is 6.17 Å². The van der Waals surface area contributed by atoms with E-state index >= 15 is 0 Å². The van der Waals surface area contributed by atoms with Crippen molar-refractivity contribution < 1.29 is 9.13 Å². The number of hydrogen-bond donors (Lipinski definition) is 1. The lowest BCUT2D eigenvalue weighted by atomic mass is 10.1. The molecule has 1 aliphatic heterocycles. The molecular weight excluding hydrogens is 245 g/mol. The van der Waals surface area contributed by atoms with E-state index in [4.69, 9.17) is 16.3 Å². The van der Waals surface area contributed by atoms with E-state index in [1.807, 2.05) is 0 Å². The van der Waals surface area contributed by atoms with Gasteiger partial charge >= 0.3 is 0 Å². The minimum atomic E-state index is -1.11. The molecule has 2 heterocycles. The number of alkyl halides is 1. The van der Waals surface area contributed by atoms with Crippen LogP contribution in [0.1, 0.15) is 24.7 Å². The van der Waals surface area contributed by atoms with Gasteiger partial charge in [0.05, 0.1) is 30.1 Å². The molecule has 1 aromatic heterocycles. The number of aromatic nitrogens is 2. The Labute approximate surface area is 105 Å². The van der Waals surface area contributed by atoms with E-state index in [2.05, 4.69) is 10.4 Å². The molecule has 0 radical (unpaired) electrons. The van der Waals surface area contributed by atoms with Crippen LogP contribution in [0.5, 0.6) is 0 Å². The molecule has 4 nitrogen and oxygen atoms in total. The Balaban J connectivity index is 2.14. The van der Waals surface area contributed by atoms with Crippen LogP contribution in [0.15, 0.2) is 6.20 Å². The lowest BCUT2D eigenvalue weighted by Crippen LogP contribution is -2.28. The summed E-state index contributed by atoms with van der Waals surface area (Å²) in [7, 11) is 1.61. The maximum Gasteiger partial charge on any atom is 0.158 e. The first kappa shape index (κ1) is 12.8. The van der Waals surface area contributed by atoms with E-state index in [-0.39, 0.29) is 6.04 Å². The summed E-state index contributed by atoms with van der Waals surface area (Å²) < 4.78 is 20.9. The second kappa shape index (κ2) is 5.80. The fourth-order valence-electron chi connectivity index (χ4n) is 2.15. The Morgan fingerprint density at radius 1 is 1.76 bits per heavy atom. The molecule has 1 aliphatic rings. The Morgan fingerprint density at radius 3 is 3.24 bits per heavy atom. The van der Waals surface area contributed by atoms with Gasteiger partial charge in [-0.2, -0.15) is 5.10 Å². The molecule has 1 saturated heterocycles. The van der Waals surface area contributed by atoms with Crippen LogP contribution in [0.3, 0.4) is 0 Å². The lowest BCUT2D eigenvalue weighted by Gasteiger charge is -2.18. The van der Waals surface area contributed by atoms with Crippen molar-refractivity contribution in [2.75, 3.05) is 20.3 Å². The molecule has 0 bridgehead atoms.